The summed E-state index contributed by atoms with van der Waals surface area (Å²) < 4.78 is 48.3. The standard InChI is InChI=1S/C14H23F3N2O3/c1-2-19(10-14(15,16)17)13(20)11-4-3-5-18(8-11)9-12-21-6-7-22-12/h11-12H,2-10H2,1H3/t11-/m1/s1. The van der Waals surface area contributed by atoms with E-state index in [0.29, 0.717) is 32.7 Å². The molecule has 8 heteroatoms. The average molecular weight is 324 g/mol. The highest BCUT2D eigenvalue weighted by Crippen LogP contribution is 2.23. The highest BCUT2D eigenvalue weighted by molar-refractivity contribution is 5.79. The number of piperidine rings is 1. The number of hydrogen-bond donors (Lipinski definition) is 0. The van der Waals surface area contributed by atoms with Crippen LogP contribution >= 0.6 is 0 Å². The maximum absolute atomic E-state index is 12.5. The summed E-state index contributed by atoms with van der Waals surface area (Å²) in [5, 5.41) is 0. The Morgan fingerprint density at radius 1 is 1.32 bits per heavy atom. The van der Waals surface area contributed by atoms with Crippen LogP contribution in [0.25, 0.3) is 0 Å². The normalized spacial score (nSPS) is 24.6. The largest absolute Gasteiger partial charge is 0.406 e. The molecule has 0 N–H and O–H groups in total. The lowest BCUT2D eigenvalue weighted by atomic mass is 9.96. The summed E-state index contributed by atoms with van der Waals surface area (Å²) in [6.45, 7) is 3.46. The van der Waals surface area contributed by atoms with Crippen LogP contribution in [0.3, 0.4) is 0 Å². The molecule has 0 aliphatic carbocycles. The van der Waals surface area contributed by atoms with Crippen LogP contribution in [0.5, 0.6) is 0 Å². The van der Waals surface area contributed by atoms with Gasteiger partial charge in [0.05, 0.1) is 19.1 Å². The van der Waals surface area contributed by atoms with E-state index in [0.717, 1.165) is 17.9 Å². The Morgan fingerprint density at radius 2 is 2.00 bits per heavy atom. The number of rotatable bonds is 5. The van der Waals surface area contributed by atoms with Gasteiger partial charge in [-0.1, -0.05) is 0 Å². The quantitative estimate of drug-likeness (QED) is 0.768. The van der Waals surface area contributed by atoms with Gasteiger partial charge in [-0.25, -0.2) is 0 Å². The third-order valence-corrected chi connectivity index (χ3v) is 4.02. The van der Waals surface area contributed by atoms with Crippen LogP contribution in [0.2, 0.25) is 0 Å². The van der Waals surface area contributed by atoms with E-state index >= 15 is 0 Å². The molecule has 1 amide bonds. The maximum atomic E-state index is 12.5. The number of alkyl halides is 3. The Hall–Kier alpha value is -0.860. The van der Waals surface area contributed by atoms with Gasteiger partial charge in [-0.15, -0.1) is 0 Å². The zero-order chi connectivity index (χ0) is 16.2. The van der Waals surface area contributed by atoms with E-state index in [9.17, 15) is 18.0 Å². The van der Waals surface area contributed by atoms with Crippen LogP contribution in [-0.4, -0.2) is 74.1 Å². The third-order valence-electron chi connectivity index (χ3n) is 4.02. The van der Waals surface area contributed by atoms with E-state index in [4.69, 9.17) is 9.47 Å². The SMILES string of the molecule is CCN(CC(F)(F)F)C(=O)[C@@H]1CCCN(CC2OCCO2)C1. The average Bonchev–Trinajstić information content (AvgIpc) is 2.96. The van der Waals surface area contributed by atoms with Crippen molar-refractivity contribution >= 4 is 5.91 Å². The van der Waals surface area contributed by atoms with E-state index in [1.807, 2.05) is 4.90 Å². The Morgan fingerprint density at radius 3 is 2.59 bits per heavy atom. The second-order valence-corrected chi connectivity index (χ2v) is 5.74. The molecule has 2 rings (SSSR count). The van der Waals surface area contributed by atoms with Crippen molar-refractivity contribution in [3.63, 3.8) is 0 Å². The molecule has 2 fully saturated rings. The summed E-state index contributed by atoms with van der Waals surface area (Å²) in [6.07, 6.45) is -3.21. The minimum atomic E-state index is -4.36. The lowest BCUT2D eigenvalue weighted by molar-refractivity contribution is -0.164. The molecule has 0 bridgehead atoms. The number of carbonyl (C=O) groups is 1. The van der Waals surface area contributed by atoms with Gasteiger partial charge in [0.2, 0.25) is 5.91 Å². The molecular weight excluding hydrogens is 301 g/mol. The minimum Gasteiger partial charge on any atom is -0.349 e. The van der Waals surface area contributed by atoms with Crippen LogP contribution in [0.4, 0.5) is 13.2 Å². The van der Waals surface area contributed by atoms with Gasteiger partial charge in [0, 0.05) is 19.6 Å². The molecule has 0 spiro atoms. The number of halogens is 3. The number of nitrogens with zero attached hydrogens (tertiary/aromatic N) is 2. The van der Waals surface area contributed by atoms with E-state index in [2.05, 4.69) is 0 Å². The molecule has 2 saturated heterocycles. The molecule has 22 heavy (non-hydrogen) atoms. The molecule has 2 aliphatic heterocycles. The van der Waals surface area contributed by atoms with Crippen molar-refractivity contribution in [3.05, 3.63) is 0 Å². The van der Waals surface area contributed by atoms with Gasteiger partial charge in [-0.2, -0.15) is 13.2 Å². The van der Waals surface area contributed by atoms with Gasteiger partial charge in [-0.05, 0) is 26.3 Å². The number of amides is 1. The summed E-state index contributed by atoms with van der Waals surface area (Å²) in [5.74, 6) is -0.782. The van der Waals surface area contributed by atoms with Crippen molar-refractivity contribution in [1.29, 1.82) is 0 Å². The molecular formula is C14H23F3N2O3. The summed E-state index contributed by atoms with van der Waals surface area (Å²) in [7, 11) is 0. The van der Waals surface area contributed by atoms with E-state index in [-0.39, 0.29) is 18.8 Å². The van der Waals surface area contributed by atoms with Crippen molar-refractivity contribution in [3.8, 4) is 0 Å². The Kier molecular flexibility index (Phi) is 6.05. The predicted octanol–water partition coefficient (Wildman–Crippen LogP) is 1.48. The van der Waals surface area contributed by atoms with Crippen molar-refractivity contribution in [2.24, 2.45) is 5.92 Å². The minimum absolute atomic E-state index is 0.0731. The van der Waals surface area contributed by atoms with Gasteiger partial charge >= 0.3 is 6.18 Å². The maximum Gasteiger partial charge on any atom is 0.406 e. The first-order valence-electron chi connectivity index (χ1n) is 7.70. The lowest BCUT2D eigenvalue weighted by Crippen LogP contribution is -2.48. The molecule has 0 aromatic heterocycles. The third kappa shape index (κ3) is 5.10. The molecule has 0 radical (unpaired) electrons. The Bertz CT molecular complexity index is 373. The Balaban J connectivity index is 1.88. The molecule has 1 atom stereocenters. The highest BCUT2D eigenvalue weighted by atomic mass is 19.4. The van der Waals surface area contributed by atoms with Crippen LogP contribution in [0.1, 0.15) is 19.8 Å². The molecule has 0 saturated carbocycles. The van der Waals surface area contributed by atoms with Gasteiger partial charge in [-0.3, -0.25) is 9.69 Å². The van der Waals surface area contributed by atoms with Crippen LogP contribution in [0, 0.1) is 5.92 Å². The summed E-state index contributed by atoms with van der Waals surface area (Å²) in [5.41, 5.74) is 0. The summed E-state index contributed by atoms with van der Waals surface area (Å²) in [4.78, 5) is 15.3. The predicted molar refractivity (Wildman–Crippen MR) is 73.2 cm³/mol. The van der Waals surface area contributed by atoms with E-state index < -0.39 is 18.6 Å². The van der Waals surface area contributed by atoms with Crippen LogP contribution < -0.4 is 0 Å². The summed E-state index contributed by atoms with van der Waals surface area (Å²) in [6, 6.07) is 0. The fourth-order valence-electron chi connectivity index (χ4n) is 2.97. The number of likely N-dealkylation sites (tertiary alicyclic amines) is 1. The zero-order valence-electron chi connectivity index (χ0n) is 12.8. The van der Waals surface area contributed by atoms with E-state index in [1.54, 1.807) is 6.92 Å². The lowest BCUT2D eigenvalue weighted by Gasteiger charge is -2.35. The molecule has 0 aromatic rings. The van der Waals surface area contributed by atoms with Gasteiger partial charge in [0.15, 0.2) is 6.29 Å². The van der Waals surface area contributed by atoms with Crippen molar-refractivity contribution in [2.45, 2.75) is 32.2 Å². The van der Waals surface area contributed by atoms with Crippen LogP contribution in [0.15, 0.2) is 0 Å². The Labute approximate surface area is 128 Å². The highest BCUT2D eigenvalue weighted by Gasteiger charge is 2.36. The molecule has 5 nitrogen and oxygen atoms in total. The molecule has 128 valence electrons. The van der Waals surface area contributed by atoms with Gasteiger partial charge < -0.3 is 14.4 Å². The van der Waals surface area contributed by atoms with Gasteiger partial charge in [0.25, 0.3) is 0 Å². The first kappa shape index (κ1) is 17.5. The number of hydrogen-bond acceptors (Lipinski definition) is 4. The van der Waals surface area contributed by atoms with Gasteiger partial charge in [0.1, 0.15) is 6.54 Å². The molecule has 2 aliphatic rings. The smallest absolute Gasteiger partial charge is 0.349 e. The second kappa shape index (κ2) is 7.61. The number of ether oxygens (including phenoxy) is 2. The monoisotopic (exact) mass is 324 g/mol. The van der Waals surface area contributed by atoms with Crippen LogP contribution in [-0.2, 0) is 14.3 Å². The first-order valence-corrected chi connectivity index (χ1v) is 7.70. The van der Waals surface area contributed by atoms with Crippen molar-refractivity contribution < 1.29 is 27.4 Å². The zero-order valence-corrected chi connectivity index (χ0v) is 12.8. The molecule has 0 aromatic carbocycles. The second-order valence-electron chi connectivity index (χ2n) is 5.74. The fourth-order valence-corrected chi connectivity index (χ4v) is 2.97. The first-order chi connectivity index (χ1) is 10.4. The topological polar surface area (TPSA) is 42.0 Å². The van der Waals surface area contributed by atoms with Crippen molar-refractivity contribution in [1.82, 2.24) is 9.80 Å². The molecule has 0 unspecified atom stereocenters. The van der Waals surface area contributed by atoms with Crippen molar-refractivity contribution in [2.75, 3.05) is 45.9 Å². The van der Waals surface area contributed by atoms with E-state index in [1.165, 1.54) is 0 Å². The summed E-state index contributed by atoms with van der Waals surface area (Å²) >= 11 is 0. The number of carbonyl (C=O) groups excluding carboxylic acids is 1. The fraction of sp³-hybridized carbons (Fsp3) is 0.929. The molecule has 2 heterocycles.